The highest BCUT2D eigenvalue weighted by Crippen LogP contribution is 2.15. The van der Waals surface area contributed by atoms with E-state index < -0.39 is 5.82 Å². The summed E-state index contributed by atoms with van der Waals surface area (Å²) < 4.78 is 24.8. The molecule has 1 unspecified atom stereocenters. The van der Waals surface area contributed by atoms with Crippen LogP contribution in [0.1, 0.15) is 20.8 Å². The molecule has 0 N–H and O–H groups in total. The maximum atomic E-state index is 13.4. The molecule has 2 aliphatic heterocycles. The second kappa shape index (κ2) is 11.7. The Hall–Kier alpha value is -3.47. The topological polar surface area (TPSA) is 88.1 Å². The van der Waals surface area contributed by atoms with Crippen LogP contribution in [0, 0.1) is 5.82 Å². The van der Waals surface area contributed by atoms with Crippen LogP contribution in [-0.4, -0.2) is 108 Å². The fourth-order valence-corrected chi connectivity index (χ4v) is 4.62. The third-order valence-electron chi connectivity index (χ3n) is 6.69. The third kappa shape index (κ3) is 6.27. The number of carbonyl (C=O) groups is 2. The molecule has 2 aliphatic rings. The number of fused-ring (bicyclic) bond motifs is 1. The fourth-order valence-electron chi connectivity index (χ4n) is 4.62. The largest absolute Gasteiger partial charge is 0.379 e. The maximum Gasteiger partial charge on any atom is 0.274 e. The first-order valence-corrected chi connectivity index (χ1v) is 12.5. The molecule has 10 heteroatoms. The van der Waals surface area contributed by atoms with E-state index in [1.54, 1.807) is 9.80 Å². The van der Waals surface area contributed by atoms with Crippen molar-refractivity contribution in [3.63, 3.8) is 0 Å². The van der Waals surface area contributed by atoms with Crippen LogP contribution in [0.2, 0.25) is 0 Å². The molecule has 2 fully saturated rings. The molecule has 5 rings (SSSR count). The smallest absolute Gasteiger partial charge is 0.274 e. The number of aromatic nitrogens is 2. The van der Waals surface area contributed by atoms with Gasteiger partial charge in [0.2, 0.25) is 0 Å². The molecule has 2 amide bonds. The molecule has 3 heterocycles. The van der Waals surface area contributed by atoms with Gasteiger partial charge in [0.25, 0.3) is 11.8 Å². The Morgan fingerprint density at radius 2 is 1.76 bits per heavy atom. The van der Waals surface area contributed by atoms with Crippen molar-refractivity contribution in [2.45, 2.75) is 6.10 Å². The molecule has 0 aliphatic carbocycles. The molecule has 3 aromatic rings. The minimum Gasteiger partial charge on any atom is -0.379 e. The van der Waals surface area contributed by atoms with Gasteiger partial charge in [-0.2, -0.15) is 0 Å². The lowest BCUT2D eigenvalue weighted by atomic mass is 10.1. The summed E-state index contributed by atoms with van der Waals surface area (Å²) in [5.41, 5.74) is 2.09. The van der Waals surface area contributed by atoms with Crippen LogP contribution in [0.25, 0.3) is 11.0 Å². The molecule has 2 aromatic carbocycles. The summed E-state index contributed by atoms with van der Waals surface area (Å²) in [4.78, 5) is 41.1. The Bertz CT molecular complexity index is 1230. The molecule has 9 nitrogen and oxygen atoms in total. The highest BCUT2D eigenvalue weighted by Gasteiger charge is 2.29. The molecular formula is C27H30FN5O4. The van der Waals surface area contributed by atoms with E-state index in [1.807, 2.05) is 24.3 Å². The van der Waals surface area contributed by atoms with E-state index >= 15 is 0 Å². The Kier molecular flexibility index (Phi) is 7.98. The van der Waals surface area contributed by atoms with Crippen LogP contribution < -0.4 is 0 Å². The van der Waals surface area contributed by atoms with E-state index in [4.69, 9.17) is 9.47 Å². The van der Waals surface area contributed by atoms with Gasteiger partial charge in [-0.3, -0.25) is 19.5 Å². The summed E-state index contributed by atoms with van der Waals surface area (Å²) in [6.45, 7) is 5.59. The van der Waals surface area contributed by atoms with Gasteiger partial charge in [-0.05, 0) is 36.4 Å². The van der Waals surface area contributed by atoms with Crippen molar-refractivity contribution in [3.05, 3.63) is 71.8 Å². The quantitative estimate of drug-likeness (QED) is 0.484. The third-order valence-corrected chi connectivity index (χ3v) is 6.69. The van der Waals surface area contributed by atoms with Gasteiger partial charge in [0.05, 0.1) is 43.2 Å². The second-order valence-corrected chi connectivity index (χ2v) is 9.20. The van der Waals surface area contributed by atoms with Crippen LogP contribution in [0.5, 0.6) is 0 Å². The summed E-state index contributed by atoms with van der Waals surface area (Å²) in [7, 11) is 0. The van der Waals surface area contributed by atoms with E-state index in [0.717, 1.165) is 18.6 Å². The highest BCUT2D eigenvalue weighted by molar-refractivity contribution is 5.95. The van der Waals surface area contributed by atoms with Crippen molar-refractivity contribution in [1.82, 2.24) is 24.7 Å². The van der Waals surface area contributed by atoms with Crippen LogP contribution in [0.4, 0.5) is 4.39 Å². The Labute approximate surface area is 214 Å². The molecule has 1 aromatic heterocycles. The number of halogens is 1. The number of benzene rings is 2. The van der Waals surface area contributed by atoms with Gasteiger partial charge in [-0.25, -0.2) is 9.37 Å². The van der Waals surface area contributed by atoms with E-state index in [-0.39, 0.29) is 23.6 Å². The number of hydrogen-bond donors (Lipinski definition) is 0. The van der Waals surface area contributed by atoms with Crippen LogP contribution in [0.15, 0.2) is 54.7 Å². The van der Waals surface area contributed by atoms with E-state index in [0.29, 0.717) is 63.6 Å². The van der Waals surface area contributed by atoms with Gasteiger partial charge in [0.1, 0.15) is 11.5 Å². The van der Waals surface area contributed by atoms with E-state index in [2.05, 4.69) is 14.9 Å². The Morgan fingerprint density at radius 3 is 2.54 bits per heavy atom. The van der Waals surface area contributed by atoms with Gasteiger partial charge in [0.15, 0.2) is 0 Å². The predicted octanol–water partition coefficient (Wildman–Crippen LogP) is 2.08. The van der Waals surface area contributed by atoms with Gasteiger partial charge in [-0.15, -0.1) is 0 Å². The number of carbonyl (C=O) groups excluding carboxylic acids is 2. The molecular weight excluding hydrogens is 477 g/mol. The molecule has 194 valence electrons. The number of para-hydroxylation sites is 2. The summed E-state index contributed by atoms with van der Waals surface area (Å²) in [6, 6.07) is 13.0. The number of ether oxygens (including phenoxy) is 2. The van der Waals surface area contributed by atoms with Crippen LogP contribution in [-0.2, 0) is 9.47 Å². The number of hydrogen-bond acceptors (Lipinski definition) is 7. The molecule has 37 heavy (non-hydrogen) atoms. The minimum atomic E-state index is -0.391. The summed E-state index contributed by atoms with van der Waals surface area (Å²) in [5.74, 6) is -0.796. The first-order valence-electron chi connectivity index (χ1n) is 12.5. The molecule has 2 saturated heterocycles. The Morgan fingerprint density at radius 1 is 1.00 bits per heavy atom. The molecule has 1 atom stereocenters. The highest BCUT2D eigenvalue weighted by atomic mass is 19.1. The van der Waals surface area contributed by atoms with Crippen molar-refractivity contribution >= 4 is 22.8 Å². The zero-order chi connectivity index (χ0) is 25.6. The van der Waals surface area contributed by atoms with Crippen molar-refractivity contribution in [2.75, 3.05) is 65.6 Å². The standard InChI is InChI=1S/C27H30FN5O4/c28-21-7-5-20(6-8-21)26(34)32(10-9-31-11-14-36-15-12-31)18-22-19-33(13-16-37-22)27(35)25-17-29-23-3-1-2-4-24(23)30-25/h1-8,17,22H,9-16,18-19H2. The lowest BCUT2D eigenvalue weighted by molar-refractivity contribution is -0.0348. The number of nitrogens with zero attached hydrogens (tertiary/aromatic N) is 5. The number of amides is 2. The van der Waals surface area contributed by atoms with Gasteiger partial charge >= 0.3 is 0 Å². The lowest BCUT2D eigenvalue weighted by Gasteiger charge is -2.36. The number of morpholine rings is 2. The molecule has 0 spiro atoms. The average molecular weight is 508 g/mol. The predicted molar refractivity (Wildman–Crippen MR) is 135 cm³/mol. The normalized spacial score (nSPS) is 18.6. The van der Waals surface area contributed by atoms with E-state index in [9.17, 15) is 14.0 Å². The second-order valence-electron chi connectivity index (χ2n) is 9.20. The van der Waals surface area contributed by atoms with Gasteiger partial charge in [0, 0.05) is 51.4 Å². The summed E-state index contributed by atoms with van der Waals surface area (Å²) in [6.07, 6.45) is 1.14. The minimum absolute atomic E-state index is 0.194. The molecule has 0 saturated carbocycles. The van der Waals surface area contributed by atoms with E-state index in [1.165, 1.54) is 30.5 Å². The number of rotatable bonds is 7. The molecule has 0 bridgehead atoms. The van der Waals surface area contributed by atoms with Gasteiger partial charge < -0.3 is 19.3 Å². The summed E-state index contributed by atoms with van der Waals surface area (Å²) >= 11 is 0. The van der Waals surface area contributed by atoms with Gasteiger partial charge in [-0.1, -0.05) is 12.1 Å². The Balaban J connectivity index is 1.27. The first kappa shape index (κ1) is 25.2. The SMILES string of the molecule is O=C(c1ccc(F)cc1)N(CCN1CCOCC1)CC1CN(C(=O)c2cnc3ccccc3n2)CCO1. The van der Waals surface area contributed by atoms with Crippen molar-refractivity contribution in [3.8, 4) is 0 Å². The summed E-state index contributed by atoms with van der Waals surface area (Å²) in [5, 5.41) is 0. The lowest BCUT2D eigenvalue weighted by Crippen LogP contribution is -2.52. The maximum absolute atomic E-state index is 13.4. The van der Waals surface area contributed by atoms with Crippen LogP contribution in [0.3, 0.4) is 0 Å². The monoisotopic (exact) mass is 507 g/mol. The average Bonchev–Trinajstić information content (AvgIpc) is 2.95. The zero-order valence-electron chi connectivity index (χ0n) is 20.6. The first-order chi connectivity index (χ1) is 18.1. The molecule has 0 radical (unpaired) electrons. The van der Waals surface area contributed by atoms with Crippen LogP contribution >= 0.6 is 0 Å². The zero-order valence-corrected chi connectivity index (χ0v) is 20.6. The van der Waals surface area contributed by atoms with Crippen molar-refractivity contribution in [1.29, 1.82) is 0 Å². The van der Waals surface area contributed by atoms with Crippen molar-refractivity contribution in [2.24, 2.45) is 0 Å². The fraction of sp³-hybridized carbons (Fsp3) is 0.407. The van der Waals surface area contributed by atoms with Crippen molar-refractivity contribution < 1.29 is 23.5 Å².